The van der Waals surface area contributed by atoms with Gasteiger partial charge in [0, 0.05) is 13.0 Å². The lowest BCUT2D eigenvalue weighted by molar-refractivity contribution is -0.870. The highest BCUT2D eigenvalue weighted by atomic mass is 16.7. The zero-order valence-electron chi connectivity index (χ0n) is 8.86. The summed E-state index contributed by atoms with van der Waals surface area (Å²) in [6.45, 7) is 1.46. The van der Waals surface area contributed by atoms with E-state index in [1.165, 1.54) is 0 Å². The van der Waals surface area contributed by atoms with Gasteiger partial charge in [-0.25, -0.2) is 15.1 Å². The van der Waals surface area contributed by atoms with E-state index in [1.54, 1.807) is 5.43 Å². The second-order valence-electron chi connectivity index (χ2n) is 4.00. The van der Waals surface area contributed by atoms with Crippen LogP contribution in [0.3, 0.4) is 0 Å². The second kappa shape index (κ2) is 5.38. The van der Waals surface area contributed by atoms with Gasteiger partial charge in [0.1, 0.15) is 0 Å². The maximum Gasteiger partial charge on any atom is 0.251 e. The third-order valence-electron chi connectivity index (χ3n) is 1.48. The van der Waals surface area contributed by atoms with Gasteiger partial charge in [0.25, 0.3) is 5.96 Å². The molecule has 3 N–H and O–H groups in total. The molecular formula is C7H18N5O2+. The van der Waals surface area contributed by atoms with Crippen molar-refractivity contribution in [3.8, 4) is 0 Å². The van der Waals surface area contributed by atoms with Crippen molar-refractivity contribution in [3.63, 3.8) is 0 Å². The van der Waals surface area contributed by atoms with Crippen molar-refractivity contribution in [2.45, 2.75) is 6.42 Å². The summed E-state index contributed by atoms with van der Waals surface area (Å²) in [4.78, 5) is 13.7. The number of hydrazine groups is 1. The van der Waals surface area contributed by atoms with Crippen LogP contribution in [0.1, 0.15) is 6.42 Å². The Kier molecular flexibility index (Phi) is 4.85. The Morgan fingerprint density at radius 2 is 2.14 bits per heavy atom. The molecule has 0 fully saturated rings. The molecule has 0 aromatic heterocycles. The van der Waals surface area contributed by atoms with Gasteiger partial charge in [-0.15, -0.1) is 0 Å². The standard InChI is InChI=1S/C7H18N5O2/c1-12(2,3)6-4-5-9-7(8)10-11(13)14/h4-6H2,1-3H3,(H3,8,9,10)/q+1. The molecule has 0 aliphatic rings. The van der Waals surface area contributed by atoms with E-state index in [0.29, 0.717) is 6.54 Å². The predicted molar refractivity (Wildman–Crippen MR) is 54.1 cm³/mol. The lowest BCUT2D eigenvalue weighted by Crippen LogP contribution is -2.37. The van der Waals surface area contributed by atoms with E-state index < -0.39 is 5.03 Å². The number of aliphatic imine (C=N–C) groups is 1. The fourth-order valence-electron chi connectivity index (χ4n) is 0.873. The van der Waals surface area contributed by atoms with Crippen molar-refractivity contribution in [2.75, 3.05) is 34.2 Å². The van der Waals surface area contributed by atoms with Crippen LogP contribution in [0, 0.1) is 10.1 Å². The Labute approximate surface area is 83.3 Å². The summed E-state index contributed by atoms with van der Waals surface area (Å²) in [5.41, 5.74) is 7.00. The molecule has 0 radical (unpaired) electrons. The van der Waals surface area contributed by atoms with Crippen LogP contribution in [-0.2, 0) is 0 Å². The lowest BCUT2D eigenvalue weighted by Gasteiger charge is -2.23. The molecule has 0 aromatic carbocycles. The maximum absolute atomic E-state index is 9.93. The Balaban J connectivity index is 3.66. The molecule has 0 rings (SSSR count). The van der Waals surface area contributed by atoms with Crippen molar-refractivity contribution in [2.24, 2.45) is 10.7 Å². The topological polar surface area (TPSA) is 93.5 Å². The molecule has 0 aliphatic heterocycles. The van der Waals surface area contributed by atoms with Crippen LogP contribution in [0.2, 0.25) is 0 Å². The first-order valence-electron chi connectivity index (χ1n) is 4.33. The smallest absolute Gasteiger partial charge is 0.251 e. The van der Waals surface area contributed by atoms with Gasteiger partial charge in [0.05, 0.1) is 27.7 Å². The third-order valence-corrected chi connectivity index (χ3v) is 1.48. The minimum Gasteiger partial charge on any atom is -0.365 e. The number of quaternary nitrogens is 1. The lowest BCUT2D eigenvalue weighted by atomic mass is 10.4. The van der Waals surface area contributed by atoms with Crippen molar-refractivity contribution < 1.29 is 9.52 Å². The molecule has 0 saturated heterocycles. The van der Waals surface area contributed by atoms with Crippen LogP contribution in [0.15, 0.2) is 4.99 Å². The number of nitrogens with zero attached hydrogens (tertiary/aromatic N) is 3. The molecule has 7 nitrogen and oxygen atoms in total. The van der Waals surface area contributed by atoms with Gasteiger partial charge in [-0.2, -0.15) is 0 Å². The van der Waals surface area contributed by atoms with Crippen LogP contribution in [0.5, 0.6) is 0 Å². The molecule has 0 heterocycles. The van der Waals surface area contributed by atoms with E-state index in [-0.39, 0.29) is 5.96 Å². The average Bonchev–Trinajstić information content (AvgIpc) is 1.95. The average molecular weight is 204 g/mol. The molecule has 0 aromatic rings. The summed E-state index contributed by atoms with van der Waals surface area (Å²) in [7, 11) is 6.22. The minimum absolute atomic E-state index is 0.142. The molecule has 0 spiro atoms. The van der Waals surface area contributed by atoms with Crippen LogP contribution < -0.4 is 11.2 Å². The second-order valence-corrected chi connectivity index (χ2v) is 4.00. The van der Waals surface area contributed by atoms with E-state index in [1.807, 2.05) is 0 Å². The number of hydrogen-bond acceptors (Lipinski definition) is 3. The van der Waals surface area contributed by atoms with Gasteiger partial charge in [-0.05, 0) is 0 Å². The molecular weight excluding hydrogens is 186 g/mol. The fourth-order valence-corrected chi connectivity index (χ4v) is 0.873. The Bertz CT molecular complexity index is 221. The monoisotopic (exact) mass is 204 g/mol. The number of nitro groups is 1. The van der Waals surface area contributed by atoms with Gasteiger partial charge in [-0.3, -0.25) is 0 Å². The Morgan fingerprint density at radius 3 is 2.57 bits per heavy atom. The van der Waals surface area contributed by atoms with Crippen molar-refractivity contribution in [3.05, 3.63) is 10.1 Å². The SMILES string of the molecule is C[N+](C)(C)CCCN=C(N)N[N+](=O)[O-]. The van der Waals surface area contributed by atoms with Gasteiger partial charge >= 0.3 is 0 Å². The molecule has 0 amide bonds. The van der Waals surface area contributed by atoms with E-state index >= 15 is 0 Å². The summed E-state index contributed by atoms with van der Waals surface area (Å²) in [5, 5.41) is 9.21. The molecule has 7 heteroatoms. The molecule has 0 saturated carbocycles. The summed E-state index contributed by atoms with van der Waals surface area (Å²) in [6.07, 6.45) is 0.851. The van der Waals surface area contributed by atoms with Crippen LogP contribution in [-0.4, -0.2) is 49.7 Å². The summed E-state index contributed by atoms with van der Waals surface area (Å²) in [5.74, 6) is -0.142. The number of guanidine groups is 1. The third kappa shape index (κ3) is 8.72. The summed E-state index contributed by atoms with van der Waals surface area (Å²) >= 11 is 0. The zero-order chi connectivity index (χ0) is 11.2. The first-order valence-corrected chi connectivity index (χ1v) is 4.33. The van der Waals surface area contributed by atoms with Gasteiger partial charge in [-0.1, -0.05) is 5.43 Å². The molecule has 0 unspecified atom stereocenters. The Morgan fingerprint density at radius 1 is 1.57 bits per heavy atom. The largest absolute Gasteiger partial charge is 0.365 e. The highest BCUT2D eigenvalue weighted by molar-refractivity contribution is 5.76. The van der Waals surface area contributed by atoms with Gasteiger partial charge < -0.3 is 10.2 Å². The predicted octanol–water partition coefficient (Wildman–Crippen LogP) is -0.821. The summed E-state index contributed by atoms with van der Waals surface area (Å²) in [6, 6.07) is 0. The summed E-state index contributed by atoms with van der Waals surface area (Å²) < 4.78 is 0.845. The van der Waals surface area contributed by atoms with E-state index in [2.05, 4.69) is 26.1 Å². The highest BCUT2D eigenvalue weighted by Gasteiger charge is 2.05. The first-order chi connectivity index (χ1) is 6.31. The van der Waals surface area contributed by atoms with Gasteiger partial charge in [0.15, 0.2) is 5.03 Å². The quantitative estimate of drug-likeness (QED) is 0.153. The van der Waals surface area contributed by atoms with E-state index in [0.717, 1.165) is 17.4 Å². The molecule has 0 aliphatic carbocycles. The minimum atomic E-state index is -0.724. The zero-order valence-corrected chi connectivity index (χ0v) is 8.86. The van der Waals surface area contributed by atoms with Crippen LogP contribution in [0.4, 0.5) is 0 Å². The first kappa shape index (κ1) is 12.6. The molecule has 14 heavy (non-hydrogen) atoms. The Hall–Kier alpha value is -1.37. The van der Waals surface area contributed by atoms with Gasteiger partial charge in [0.2, 0.25) is 0 Å². The van der Waals surface area contributed by atoms with Crippen molar-refractivity contribution >= 4 is 5.96 Å². The number of nitrogens with two attached hydrogens (primary N) is 1. The number of rotatable bonds is 5. The van der Waals surface area contributed by atoms with E-state index in [4.69, 9.17) is 5.73 Å². The van der Waals surface area contributed by atoms with E-state index in [9.17, 15) is 10.1 Å². The normalized spacial score (nSPS) is 12.6. The molecule has 0 atom stereocenters. The maximum atomic E-state index is 9.93. The number of hydrogen-bond donors (Lipinski definition) is 2. The molecule has 0 bridgehead atoms. The van der Waals surface area contributed by atoms with Crippen LogP contribution >= 0.6 is 0 Å². The van der Waals surface area contributed by atoms with Crippen LogP contribution in [0.25, 0.3) is 0 Å². The van der Waals surface area contributed by atoms with Crippen molar-refractivity contribution in [1.82, 2.24) is 5.43 Å². The fraction of sp³-hybridized carbons (Fsp3) is 0.857. The number of nitrogens with one attached hydrogen (secondary N) is 1. The highest BCUT2D eigenvalue weighted by Crippen LogP contribution is 1.93. The molecule has 82 valence electrons. The van der Waals surface area contributed by atoms with Crippen molar-refractivity contribution in [1.29, 1.82) is 0 Å².